The van der Waals surface area contributed by atoms with E-state index in [0.717, 1.165) is 29.7 Å². The molecule has 24 heavy (non-hydrogen) atoms. The standard InChI is InChI=1S/C17H21ClN4O2/c1-21(2)15(23)9-17(24)6-3-7-22(10-17)16-13-5-4-12(18)8-14(13)19-11-20-16/h4-5,8,11,24H,3,6-7,9-10H2,1-2H3. The quantitative estimate of drug-likeness (QED) is 0.919. The summed E-state index contributed by atoms with van der Waals surface area (Å²) >= 11 is 6.03. The highest BCUT2D eigenvalue weighted by Crippen LogP contribution is 2.31. The van der Waals surface area contributed by atoms with Crippen molar-refractivity contribution in [2.75, 3.05) is 32.1 Å². The van der Waals surface area contributed by atoms with Crippen LogP contribution in [0, 0.1) is 0 Å². The van der Waals surface area contributed by atoms with Crippen LogP contribution < -0.4 is 4.90 Å². The number of halogens is 1. The topological polar surface area (TPSA) is 69.6 Å². The van der Waals surface area contributed by atoms with Crippen LogP contribution in [0.25, 0.3) is 10.9 Å². The number of carbonyl (C=O) groups excluding carboxylic acids is 1. The van der Waals surface area contributed by atoms with Crippen LogP contribution in [-0.4, -0.2) is 58.7 Å². The molecule has 1 aromatic heterocycles. The van der Waals surface area contributed by atoms with Crippen LogP contribution in [0.1, 0.15) is 19.3 Å². The molecule has 3 rings (SSSR count). The summed E-state index contributed by atoms with van der Waals surface area (Å²) in [5.74, 6) is 0.700. The number of β-amino-alcohol motifs (C(OH)–C–C–N with tert-alkyl or cyclic N) is 1. The molecule has 1 saturated heterocycles. The molecule has 6 nitrogen and oxygen atoms in total. The molecule has 1 unspecified atom stereocenters. The maximum Gasteiger partial charge on any atom is 0.225 e. The monoisotopic (exact) mass is 348 g/mol. The average molecular weight is 349 g/mol. The van der Waals surface area contributed by atoms with Gasteiger partial charge in [-0.25, -0.2) is 9.97 Å². The molecule has 2 aromatic rings. The normalized spacial score (nSPS) is 21.1. The Labute approximate surface area is 146 Å². The molecule has 1 N–H and O–H groups in total. The third-order valence-corrected chi connectivity index (χ3v) is 4.65. The Kier molecular flexibility index (Phi) is 4.60. The maximum absolute atomic E-state index is 12.0. The number of aromatic nitrogens is 2. The molecule has 0 radical (unpaired) electrons. The number of benzene rings is 1. The number of piperidine rings is 1. The summed E-state index contributed by atoms with van der Waals surface area (Å²) < 4.78 is 0. The van der Waals surface area contributed by atoms with Crippen molar-refractivity contribution < 1.29 is 9.90 Å². The molecule has 7 heteroatoms. The number of aliphatic hydroxyl groups is 1. The van der Waals surface area contributed by atoms with Gasteiger partial charge in [-0.1, -0.05) is 11.6 Å². The van der Waals surface area contributed by atoms with Crippen LogP contribution in [-0.2, 0) is 4.79 Å². The number of anilines is 1. The maximum atomic E-state index is 12.0. The van der Waals surface area contributed by atoms with E-state index in [2.05, 4.69) is 9.97 Å². The van der Waals surface area contributed by atoms with Crippen molar-refractivity contribution in [2.45, 2.75) is 24.9 Å². The highest BCUT2D eigenvalue weighted by atomic mass is 35.5. The predicted molar refractivity (Wildman–Crippen MR) is 94.3 cm³/mol. The fraction of sp³-hybridized carbons (Fsp3) is 0.471. The van der Waals surface area contributed by atoms with Crippen LogP contribution in [0.4, 0.5) is 5.82 Å². The zero-order valence-electron chi connectivity index (χ0n) is 13.9. The zero-order chi connectivity index (χ0) is 17.3. The summed E-state index contributed by atoms with van der Waals surface area (Å²) in [6.07, 6.45) is 3.03. The van der Waals surface area contributed by atoms with Crippen LogP contribution in [0.5, 0.6) is 0 Å². The molecule has 1 atom stereocenters. The summed E-state index contributed by atoms with van der Waals surface area (Å²) in [4.78, 5) is 24.2. The van der Waals surface area contributed by atoms with Gasteiger partial charge >= 0.3 is 0 Å². The van der Waals surface area contributed by atoms with E-state index >= 15 is 0 Å². The number of hydrogen-bond donors (Lipinski definition) is 1. The molecule has 1 fully saturated rings. The Morgan fingerprint density at radius 1 is 1.42 bits per heavy atom. The fourth-order valence-electron chi connectivity index (χ4n) is 3.15. The highest BCUT2D eigenvalue weighted by Gasteiger charge is 2.36. The summed E-state index contributed by atoms with van der Waals surface area (Å²) in [5, 5.41) is 12.4. The molecule has 1 aliphatic heterocycles. The Bertz CT molecular complexity index is 767. The number of hydrogen-bond acceptors (Lipinski definition) is 5. The lowest BCUT2D eigenvalue weighted by atomic mass is 9.89. The Morgan fingerprint density at radius 2 is 2.21 bits per heavy atom. The zero-order valence-corrected chi connectivity index (χ0v) is 14.6. The lowest BCUT2D eigenvalue weighted by Gasteiger charge is -2.40. The van der Waals surface area contributed by atoms with Gasteiger partial charge in [0.05, 0.1) is 17.5 Å². The lowest BCUT2D eigenvalue weighted by molar-refractivity contribution is -0.134. The number of rotatable bonds is 3. The minimum Gasteiger partial charge on any atom is -0.388 e. The second-order valence-corrected chi connectivity index (χ2v) is 7.01. The molecule has 1 aliphatic rings. The molecule has 128 valence electrons. The second-order valence-electron chi connectivity index (χ2n) is 6.57. The van der Waals surface area contributed by atoms with Gasteiger partial charge in [0.2, 0.25) is 5.91 Å². The fourth-order valence-corrected chi connectivity index (χ4v) is 3.31. The lowest BCUT2D eigenvalue weighted by Crippen LogP contribution is -2.50. The average Bonchev–Trinajstić information content (AvgIpc) is 2.53. The van der Waals surface area contributed by atoms with E-state index < -0.39 is 5.60 Å². The van der Waals surface area contributed by atoms with Crippen molar-refractivity contribution in [2.24, 2.45) is 0 Å². The van der Waals surface area contributed by atoms with Gasteiger partial charge in [0.25, 0.3) is 0 Å². The van der Waals surface area contributed by atoms with Crippen molar-refractivity contribution in [1.29, 1.82) is 0 Å². The van der Waals surface area contributed by atoms with Gasteiger partial charge in [-0.15, -0.1) is 0 Å². The molecular weight excluding hydrogens is 328 g/mol. The number of nitrogens with zero attached hydrogens (tertiary/aromatic N) is 4. The third-order valence-electron chi connectivity index (χ3n) is 4.41. The SMILES string of the molecule is CN(C)C(=O)CC1(O)CCCN(c2ncnc3cc(Cl)ccc23)C1. The van der Waals surface area contributed by atoms with Gasteiger partial charge in [-0.05, 0) is 31.0 Å². The van der Waals surface area contributed by atoms with Gasteiger partial charge < -0.3 is 14.9 Å². The first-order valence-electron chi connectivity index (χ1n) is 7.96. The highest BCUT2D eigenvalue weighted by molar-refractivity contribution is 6.31. The minimum atomic E-state index is -1.04. The summed E-state index contributed by atoms with van der Waals surface area (Å²) in [6.45, 7) is 1.16. The molecule has 0 bridgehead atoms. The molecule has 0 spiro atoms. The molecule has 2 heterocycles. The number of fused-ring (bicyclic) bond motifs is 1. The Morgan fingerprint density at radius 3 is 2.96 bits per heavy atom. The first-order chi connectivity index (χ1) is 11.4. The van der Waals surface area contributed by atoms with Crippen molar-refractivity contribution in [3.8, 4) is 0 Å². The largest absolute Gasteiger partial charge is 0.388 e. The van der Waals surface area contributed by atoms with Crippen molar-refractivity contribution >= 4 is 34.2 Å². The van der Waals surface area contributed by atoms with E-state index in [4.69, 9.17) is 11.6 Å². The van der Waals surface area contributed by atoms with Gasteiger partial charge in [0, 0.05) is 37.6 Å². The van der Waals surface area contributed by atoms with Crippen LogP contribution in [0.15, 0.2) is 24.5 Å². The molecule has 0 saturated carbocycles. The summed E-state index contributed by atoms with van der Waals surface area (Å²) in [6, 6.07) is 5.50. The molecule has 0 aliphatic carbocycles. The summed E-state index contributed by atoms with van der Waals surface area (Å²) in [5.41, 5.74) is -0.269. The van der Waals surface area contributed by atoms with Gasteiger partial charge in [0.1, 0.15) is 12.1 Å². The van der Waals surface area contributed by atoms with E-state index in [1.165, 1.54) is 11.2 Å². The van der Waals surface area contributed by atoms with Crippen molar-refractivity contribution in [1.82, 2.24) is 14.9 Å². The molecule has 1 aromatic carbocycles. The Balaban J connectivity index is 1.89. The molecule has 1 amide bonds. The van der Waals surface area contributed by atoms with E-state index in [1.54, 1.807) is 20.2 Å². The van der Waals surface area contributed by atoms with E-state index in [0.29, 0.717) is 18.0 Å². The van der Waals surface area contributed by atoms with E-state index in [-0.39, 0.29) is 12.3 Å². The third kappa shape index (κ3) is 3.44. The number of amides is 1. The smallest absolute Gasteiger partial charge is 0.225 e. The summed E-state index contributed by atoms with van der Waals surface area (Å²) in [7, 11) is 3.40. The molecular formula is C17H21ClN4O2. The predicted octanol–water partition coefficient (Wildman–Crippen LogP) is 2.09. The van der Waals surface area contributed by atoms with Gasteiger partial charge in [0.15, 0.2) is 0 Å². The van der Waals surface area contributed by atoms with Crippen LogP contribution in [0.3, 0.4) is 0 Å². The van der Waals surface area contributed by atoms with E-state index in [1.807, 2.05) is 17.0 Å². The first kappa shape index (κ1) is 16.9. The van der Waals surface area contributed by atoms with Crippen LogP contribution >= 0.6 is 11.6 Å². The first-order valence-corrected chi connectivity index (χ1v) is 8.33. The Hall–Kier alpha value is -1.92. The van der Waals surface area contributed by atoms with E-state index in [9.17, 15) is 9.90 Å². The van der Waals surface area contributed by atoms with Gasteiger partial charge in [-0.2, -0.15) is 0 Å². The van der Waals surface area contributed by atoms with Gasteiger partial charge in [-0.3, -0.25) is 4.79 Å². The second kappa shape index (κ2) is 6.53. The van der Waals surface area contributed by atoms with Crippen molar-refractivity contribution in [3.05, 3.63) is 29.5 Å². The van der Waals surface area contributed by atoms with Crippen molar-refractivity contribution in [3.63, 3.8) is 0 Å². The van der Waals surface area contributed by atoms with Crippen LogP contribution in [0.2, 0.25) is 5.02 Å². The minimum absolute atomic E-state index is 0.0707. The number of carbonyl (C=O) groups is 1.